The van der Waals surface area contributed by atoms with Crippen LogP contribution in [0.5, 0.6) is 11.5 Å². The molecule has 0 bridgehead atoms. The summed E-state index contributed by atoms with van der Waals surface area (Å²) < 4.78 is 11.6. The van der Waals surface area contributed by atoms with Crippen LogP contribution in [0.2, 0.25) is 0 Å². The van der Waals surface area contributed by atoms with Crippen LogP contribution in [-0.2, 0) is 27.3 Å². The molecule has 36 heavy (non-hydrogen) atoms. The molecule has 5 heteroatoms. The number of ether oxygens (including phenoxy) is 2. The third kappa shape index (κ3) is 5.31. The normalized spacial score (nSPS) is 12.1. The minimum absolute atomic E-state index is 0.225. The molecule has 180 valence electrons. The van der Waals surface area contributed by atoms with E-state index in [1.54, 1.807) is 4.90 Å². The van der Waals surface area contributed by atoms with Gasteiger partial charge in [0.2, 0.25) is 0 Å². The Hall–Kier alpha value is -4.38. The highest BCUT2D eigenvalue weighted by atomic mass is 16.5. The summed E-state index contributed by atoms with van der Waals surface area (Å²) in [5, 5.41) is 0. The summed E-state index contributed by atoms with van der Waals surface area (Å²) in [5.41, 5.74) is 3.64. The smallest absolute Gasteiger partial charge is 0.318 e. The van der Waals surface area contributed by atoms with E-state index in [-0.39, 0.29) is 12.5 Å². The molecule has 0 fully saturated rings. The van der Waals surface area contributed by atoms with E-state index in [2.05, 4.69) is 0 Å². The molecule has 4 aromatic carbocycles. The zero-order valence-electron chi connectivity index (χ0n) is 19.9. The van der Waals surface area contributed by atoms with Crippen molar-refractivity contribution in [3.05, 3.63) is 131 Å². The fourth-order valence-electron chi connectivity index (χ4n) is 4.48. The molecule has 1 aliphatic heterocycles. The lowest BCUT2D eigenvalue weighted by molar-refractivity contribution is -0.153. The summed E-state index contributed by atoms with van der Waals surface area (Å²) in [5.74, 6) is -0.0899. The maximum Gasteiger partial charge on any atom is 0.318 e. The first-order valence-electron chi connectivity index (χ1n) is 12.1. The molecule has 0 aliphatic carbocycles. The Bertz CT molecular complexity index is 1290. The van der Waals surface area contributed by atoms with E-state index < -0.39 is 11.9 Å². The average molecular weight is 478 g/mol. The van der Waals surface area contributed by atoms with Gasteiger partial charge in [0.05, 0.1) is 0 Å². The summed E-state index contributed by atoms with van der Waals surface area (Å²) in [4.78, 5) is 28.4. The van der Waals surface area contributed by atoms with Crippen LogP contribution in [0.25, 0.3) is 0 Å². The molecule has 0 saturated heterocycles. The van der Waals surface area contributed by atoms with Crippen molar-refractivity contribution in [1.82, 2.24) is 4.90 Å². The van der Waals surface area contributed by atoms with Crippen molar-refractivity contribution < 1.29 is 19.1 Å². The van der Waals surface area contributed by atoms with Crippen molar-refractivity contribution in [2.45, 2.75) is 18.9 Å². The number of hydrogen-bond donors (Lipinski definition) is 0. The van der Waals surface area contributed by atoms with Gasteiger partial charge in [0.25, 0.3) is 5.91 Å². The molecule has 1 aliphatic rings. The van der Waals surface area contributed by atoms with Crippen LogP contribution < -0.4 is 4.74 Å². The highest BCUT2D eigenvalue weighted by Crippen LogP contribution is 2.44. The molecule has 5 nitrogen and oxygen atoms in total. The predicted octanol–water partition coefficient (Wildman–Crippen LogP) is 5.74. The first-order valence-corrected chi connectivity index (χ1v) is 12.1. The third-order valence-corrected chi connectivity index (χ3v) is 6.34. The molecule has 0 radical (unpaired) electrons. The maximum absolute atomic E-state index is 13.3. The van der Waals surface area contributed by atoms with Gasteiger partial charge in [-0.05, 0) is 29.7 Å². The Balaban J connectivity index is 1.31. The summed E-state index contributed by atoms with van der Waals surface area (Å²) in [6, 6.07) is 34.8. The second-order valence-corrected chi connectivity index (χ2v) is 8.75. The van der Waals surface area contributed by atoms with E-state index in [4.69, 9.17) is 9.47 Å². The largest absolute Gasteiger partial charge is 0.457 e. The fraction of sp³-hybridized carbons (Fsp3) is 0.161. The number of carbonyl (C=O) groups is 2. The Labute approximate surface area is 210 Å². The molecule has 0 saturated carbocycles. The lowest BCUT2D eigenvalue weighted by atomic mass is 9.88. The van der Waals surface area contributed by atoms with Gasteiger partial charge in [0.1, 0.15) is 17.4 Å². The van der Waals surface area contributed by atoms with Crippen LogP contribution in [0.15, 0.2) is 109 Å². The summed E-state index contributed by atoms with van der Waals surface area (Å²) in [6.45, 7) is 0.660. The van der Waals surface area contributed by atoms with E-state index in [9.17, 15) is 9.59 Å². The minimum Gasteiger partial charge on any atom is -0.457 e. The van der Waals surface area contributed by atoms with E-state index in [0.29, 0.717) is 31.0 Å². The van der Waals surface area contributed by atoms with Crippen molar-refractivity contribution in [3.8, 4) is 11.5 Å². The SMILES string of the molecule is O=C(OCC(=O)N(CCc1ccccc1)Cc1ccccc1)C1c2ccccc2Oc2ccccc21. The molecular formula is C31H27NO4. The Kier molecular flexibility index (Phi) is 7.08. The maximum atomic E-state index is 13.3. The number of fused-ring (bicyclic) bond motifs is 2. The molecule has 0 spiro atoms. The Morgan fingerprint density at radius 3 is 1.83 bits per heavy atom. The van der Waals surface area contributed by atoms with Gasteiger partial charge in [-0.3, -0.25) is 9.59 Å². The fourth-order valence-corrected chi connectivity index (χ4v) is 4.48. The number of carbonyl (C=O) groups excluding carboxylic acids is 2. The second kappa shape index (κ2) is 10.9. The third-order valence-electron chi connectivity index (χ3n) is 6.34. The molecule has 0 atom stereocenters. The van der Waals surface area contributed by atoms with Crippen LogP contribution >= 0.6 is 0 Å². The van der Waals surface area contributed by atoms with Gasteiger partial charge in [-0.2, -0.15) is 0 Å². The molecule has 1 heterocycles. The van der Waals surface area contributed by atoms with Crippen LogP contribution in [0.3, 0.4) is 0 Å². The van der Waals surface area contributed by atoms with Gasteiger partial charge in [-0.25, -0.2) is 0 Å². The zero-order valence-corrected chi connectivity index (χ0v) is 19.9. The van der Waals surface area contributed by atoms with Crippen LogP contribution in [0.1, 0.15) is 28.2 Å². The zero-order chi connectivity index (χ0) is 24.7. The summed E-state index contributed by atoms with van der Waals surface area (Å²) in [6.07, 6.45) is 0.716. The van der Waals surface area contributed by atoms with E-state index in [1.807, 2.05) is 109 Å². The molecule has 5 rings (SSSR count). The van der Waals surface area contributed by atoms with Crippen LogP contribution in [0.4, 0.5) is 0 Å². The van der Waals surface area contributed by atoms with E-state index >= 15 is 0 Å². The molecule has 0 N–H and O–H groups in total. The number of hydrogen-bond acceptors (Lipinski definition) is 4. The van der Waals surface area contributed by atoms with Gasteiger partial charge in [0, 0.05) is 24.2 Å². The number of esters is 1. The number of benzene rings is 4. The second-order valence-electron chi connectivity index (χ2n) is 8.75. The van der Waals surface area contributed by atoms with Gasteiger partial charge < -0.3 is 14.4 Å². The summed E-state index contributed by atoms with van der Waals surface area (Å²) >= 11 is 0. The van der Waals surface area contributed by atoms with E-state index in [1.165, 1.54) is 0 Å². The highest BCUT2D eigenvalue weighted by Gasteiger charge is 2.34. The standard InChI is InChI=1S/C31H27NO4/c33-29(32(21-24-13-5-2-6-14-24)20-19-23-11-3-1-4-12-23)22-35-31(34)30-25-15-7-9-17-27(25)36-28-18-10-8-16-26(28)30/h1-18,30H,19-22H2. The lowest BCUT2D eigenvalue weighted by Gasteiger charge is -2.27. The Morgan fingerprint density at radius 2 is 1.22 bits per heavy atom. The predicted molar refractivity (Wildman–Crippen MR) is 138 cm³/mol. The lowest BCUT2D eigenvalue weighted by Crippen LogP contribution is -2.36. The number of para-hydroxylation sites is 2. The summed E-state index contributed by atoms with van der Waals surface area (Å²) in [7, 11) is 0. The van der Waals surface area contributed by atoms with Gasteiger partial charge in [-0.15, -0.1) is 0 Å². The monoisotopic (exact) mass is 477 g/mol. The molecule has 4 aromatic rings. The van der Waals surface area contributed by atoms with Crippen LogP contribution in [-0.4, -0.2) is 29.9 Å². The Morgan fingerprint density at radius 1 is 0.694 bits per heavy atom. The average Bonchev–Trinajstić information content (AvgIpc) is 2.93. The van der Waals surface area contributed by atoms with Crippen LogP contribution in [0, 0.1) is 0 Å². The molecular weight excluding hydrogens is 450 g/mol. The highest BCUT2D eigenvalue weighted by molar-refractivity contribution is 5.87. The van der Waals surface area contributed by atoms with Gasteiger partial charge >= 0.3 is 5.97 Å². The van der Waals surface area contributed by atoms with Crippen molar-refractivity contribution in [3.63, 3.8) is 0 Å². The number of nitrogens with zero attached hydrogens (tertiary/aromatic N) is 1. The van der Waals surface area contributed by atoms with Crippen molar-refractivity contribution in [2.75, 3.05) is 13.2 Å². The first-order chi connectivity index (χ1) is 17.7. The minimum atomic E-state index is -0.647. The van der Waals surface area contributed by atoms with Gasteiger partial charge in [-0.1, -0.05) is 97.1 Å². The molecule has 0 unspecified atom stereocenters. The van der Waals surface area contributed by atoms with Crippen molar-refractivity contribution in [1.29, 1.82) is 0 Å². The van der Waals surface area contributed by atoms with E-state index in [0.717, 1.165) is 22.3 Å². The van der Waals surface area contributed by atoms with Crippen molar-refractivity contribution in [2.24, 2.45) is 0 Å². The van der Waals surface area contributed by atoms with Gasteiger partial charge in [0.15, 0.2) is 6.61 Å². The number of rotatable bonds is 8. The number of amides is 1. The first kappa shape index (κ1) is 23.4. The molecule has 1 amide bonds. The quantitative estimate of drug-likeness (QED) is 0.304. The molecule has 0 aromatic heterocycles. The topological polar surface area (TPSA) is 55.8 Å². The van der Waals surface area contributed by atoms with Crippen molar-refractivity contribution >= 4 is 11.9 Å².